The molecule has 1 aromatic carbocycles. The Kier molecular flexibility index (Phi) is 4.86. The zero-order chi connectivity index (χ0) is 13.8. The van der Waals surface area contributed by atoms with Crippen LogP contribution in [-0.4, -0.2) is 17.6 Å². The van der Waals surface area contributed by atoms with Crippen molar-refractivity contribution in [2.75, 3.05) is 6.54 Å². The lowest BCUT2D eigenvalue weighted by molar-refractivity contribution is 0.471. The van der Waals surface area contributed by atoms with Crippen molar-refractivity contribution in [2.45, 2.75) is 31.7 Å². The molecule has 3 rings (SSSR count). The van der Waals surface area contributed by atoms with Gasteiger partial charge in [-0.05, 0) is 49.8 Å². The van der Waals surface area contributed by atoms with E-state index in [1.54, 1.807) is 11.3 Å². The summed E-state index contributed by atoms with van der Waals surface area (Å²) in [4.78, 5) is 5.58. The Balaban J connectivity index is 1.65. The van der Waals surface area contributed by atoms with Crippen LogP contribution in [0, 0.1) is 5.92 Å². The van der Waals surface area contributed by atoms with Gasteiger partial charge in [0.1, 0.15) is 0 Å². The molecule has 1 aromatic heterocycles. The highest BCUT2D eigenvalue weighted by atomic mass is 79.9. The van der Waals surface area contributed by atoms with Crippen LogP contribution in [0.4, 0.5) is 0 Å². The van der Waals surface area contributed by atoms with Crippen molar-refractivity contribution in [3.8, 4) is 0 Å². The van der Waals surface area contributed by atoms with Crippen LogP contribution >= 0.6 is 27.3 Å². The number of hydrogen-bond donors (Lipinski definition) is 1. The van der Waals surface area contributed by atoms with E-state index >= 15 is 0 Å². The minimum atomic E-state index is 0.634. The van der Waals surface area contributed by atoms with Crippen LogP contribution in [0.2, 0.25) is 0 Å². The van der Waals surface area contributed by atoms with Crippen LogP contribution in [0.15, 0.2) is 40.4 Å². The first kappa shape index (κ1) is 14.2. The molecule has 1 fully saturated rings. The van der Waals surface area contributed by atoms with Crippen molar-refractivity contribution in [2.24, 2.45) is 5.92 Å². The SMILES string of the molecule is Brc1ccccc1CC(CNC1CC1)Cc1cncs1. The fourth-order valence-electron chi connectivity index (χ4n) is 2.44. The summed E-state index contributed by atoms with van der Waals surface area (Å²) in [6, 6.07) is 9.33. The van der Waals surface area contributed by atoms with Crippen LogP contribution in [0.1, 0.15) is 23.3 Å². The van der Waals surface area contributed by atoms with E-state index in [4.69, 9.17) is 0 Å². The number of halogens is 1. The van der Waals surface area contributed by atoms with E-state index < -0.39 is 0 Å². The first-order valence-electron chi connectivity index (χ1n) is 7.15. The summed E-state index contributed by atoms with van der Waals surface area (Å²) in [6.07, 6.45) is 6.93. The number of thiazole rings is 1. The van der Waals surface area contributed by atoms with Gasteiger partial charge in [0.15, 0.2) is 0 Å². The van der Waals surface area contributed by atoms with Crippen LogP contribution < -0.4 is 5.32 Å². The Morgan fingerprint density at radius 2 is 2.15 bits per heavy atom. The molecular formula is C16H19BrN2S. The Hall–Kier alpha value is -0.710. The molecule has 1 aliphatic carbocycles. The third-order valence-electron chi connectivity index (χ3n) is 3.71. The Morgan fingerprint density at radius 3 is 2.85 bits per heavy atom. The normalized spacial score (nSPS) is 16.2. The fraction of sp³-hybridized carbons (Fsp3) is 0.438. The van der Waals surface area contributed by atoms with Crippen molar-refractivity contribution >= 4 is 27.3 Å². The molecule has 1 atom stereocenters. The average molecular weight is 351 g/mol. The summed E-state index contributed by atoms with van der Waals surface area (Å²) in [5, 5.41) is 3.68. The Labute approximate surface area is 132 Å². The van der Waals surface area contributed by atoms with E-state index in [-0.39, 0.29) is 0 Å². The monoisotopic (exact) mass is 350 g/mol. The highest BCUT2D eigenvalue weighted by Crippen LogP contribution is 2.24. The molecule has 1 N–H and O–H groups in total. The van der Waals surface area contributed by atoms with Crippen molar-refractivity contribution in [1.82, 2.24) is 10.3 Å². The molecule has 0 aliphatic heterocycles. The number of aromatic nitrogens is 1. The summed E-state index contributed by atoms with van der Waals surface area (Å²) in [5.74, 6) is 0.634. The molecule has 0 saturated heterocycles. The lowest BCUT2D eigenvalue weighted by Gasteiger charge is -2.17. The highest BCUT2D eigenvalue weighted by Gasteiger charge is 2.22. The zero-order valence-electron chi connectivity index (χ0n) is 11.4. The van der Waals surface area contributed by atoms with Gasteiger partial charge in [-0.25, -0.2) is 0 Å². The number of hydrogen-bond acceptors (Lipinski definition) is 3. The molecule has 0 amide bonds. The quantitative estimate of drug-likeness (QED) is 0.814. The molecule has 106 valence electrons. The van der Waals surface area contributed by atoms with Gasteiger partial charge in [0, 0.05) is 21.6 Å². The van der Waals surface area contributed by atoms with E-state index in [1.807, 2.05) is 11.7 Å². The zero-order valence-corrected chi connectivity index (χ0v) is 13.8. The van der Waals surface area contributed by atoms with Crippen molar-refractivity contribution < 1.29 is 0 Å². The van der Waals surface area contributed by atoms with Gasteiger partial charge in [0.25, 0.3) is 0 Å². The lowest BCUT2D eigenvalue weighted by atomic mass is 9.95. The van der Waals surface area contributed by atoms with E-state index in [9.17, 15) is 0 Å². The van der Waals surface area contributed by atoms with Gasteiger partial charge in [-0.15, -0.1) is 11.3 Å². The summed E-state index contributed by atoms with van der Waals surface area (Å²) < 4.78 is 1.22. The lowest BCUT2D eigenvalue weighted by Crippen LogP contribution is -2.27. The molecule has 20 heavy (non-hydrogen) atoms. The standard InChI is InChI=1S/C16H19BrN2S/c17-16-4-2-1-3-13(16)7-12(9-19-14-5-6-14)8-15-10-18-11-20-15/h1-4,10-12,14,19H,5-9H2. The molecule has 0 spiro atoms. The highest BCUT2D eigenvalue weighted by molar-refractivity contribution is 9.10. The first-order chi connectivity index (χ1) is 9.81. The Bertz CT molecular complexity index is 537. The van der Waals surface area contributed by atoms with Crippen molar-refractivity contribution in [3.05, 3.63) is 50.9 Å². The van der Waals surface area contributed by atoms with Crippen molar-refractivity contribution in [1.29, 1.82) is 0 Å². The van der Waals surface area contributed by atoms with Gasteiger partial charge in [-0.2, -0.15) is 0 Å². The minimum Gasteiger partial charge on any atom is -0.314 e. The maximum atomic E-state index is 4.20. The second kappa shape index (κ2) is 6.83. The number of nitrogens with one attached hydrogen (secondary N) is 1. The maximum absolute atomic E-state index is 4.20. The molecule has 1 saturated carbocycles. The van der Waals surface area contributed by atoms with Crippen LogP contribution in [0.5, 0.6) is 0 Å². The molecule has 1 aliphatic rings. The predicted octanol–water partition coefficient (Wildman–Crippen LogP) is 4.06. The number of nitrogens with zero attached hydrogens (tertiary/aromatic N) is 1. The molecular weight excluding hydrogens is 332 g/mol. The van der Waals surface area contributed by atoms with Crippen LogP contribution in [0.3, 0.4) is 0 Å². The van der Waals surface area contributed by atoms with Gasteiger partial charge >= 0.3 is 0 Å². The minimum absolute atomic E-state index is 0.634. The number of benzene rings is 1. The molecule has 2 nitrogen and oxygen atoms in total. The number of rotatable bonds is 7. The molecule has 2 aromatic rings. The van der Waals surface area contributed by atoms with E-state index in [1.165, 1.54) is 27.8 Å². The molecule has 0 radical (unpaired) electrons. The summed E-state index contributed by atoms with van der Waals surface area (Å²) in [5.41, 5.74) is 3.33. The van der Waals surface area contributed by atoms with E-state index in [0.29, 0.717) is 5.92 Å². The van der Waals surface area contributed by atoms with E-state index in [0.717, 1.165) is 25.4 Å². The molecule has 1 heterocycles. The summed E-state index contributed by atoms with van der Waals surface area (Å²) >= 11 is 5.43. The fourth-order valence-corrected chi connectivity index (χ4v) is 3.60. The van der Waals surface area contributed by atoms with E-state index in [2.05, 4.69) is 50.5 Å². The third-order valence-corrected chi connectivity index (χ3v) is 5.29. The molecule has 4 heteroatoms. The first-order valence-corrected chi connectivity index (χ1v) is 8.82. The second-order valence-electron chi connectivity index (χ2n) is 5.52. The van der Waals surface area contributed by atoms with Gasteiger partial charge in [-0.1, -0.05) is 34.1 Å². The maximum Gasteiger partial charge on any atom is 0.0794 e. The Morgan fingerprint density at radius 1 is 1.30 bits per heavy atom. The summed E-state index contributed by atoms with van der Waals surface area (Å²) in [6.45, 7) is 1.10. The topological polar surface area (TPSA) is 24.9 Å². The third kappa shape index (κ3) is 4.14. The predicted molar refractivity (Wildman–Crippen MR) is 88.2 cm³/mol. The summed E-state index contributed by atoms with van der Waals surface area (Å²) in [7, 11) is 0. The van der Waals surface area contributed by atoms with Crippen molar-refractivity contribution in [3.63, 3.8) is 0 Å². The van der Waals surface area contributed by atoms with Crippen LogP contribution in [-0.2, 0) is 12.8 Å². The second-order valence-corrected chi connectivity index (χ2v) is 7.34. The van der Waals surface area contributed by atoms with Crippen LogP contribution in [0.25, 0.3) is 0 Å². The molecule has 1 unspecified atom stereocenters. The molecule has 0 bridgehead atoms. The van der Waals surface area contributed by atoms with Gasteiger partial charge in [0.05, 0.1) is 5.51 Å². The smallest absolute Gasteiger partial charge is 0.0794 e. The largest absolute Gasteiger partial charge is 0.314 e. The average Bonchev–Trinajstić information content (AvgIpc) is 3.15. The van der Waals surface area contributed by atoms with Gasteiger partial charge in [0.2, 0.25) is 0 Å². The van der Waals surface area contributed by atoms with Gasteiger partial charge in [-0.3, -0.25) is 4.98 Å². The van der Waals surface area contributed by atoms with Gasteiger partial charge < -0.3 is 5.32 Å².